The molecule has 8 heteroatoms. The van der Waals surface area contributed by atoms with E-state index in [9.17, 15) is 14.0 Å². The number of hydrogen-bond acceptors (Lipinski definition) is 5. The molecule has 144 valence electrons. The number of benzene rings is 1. The molecule has 0 amide bonds. The van der Waals surface area contributed by atoms with Gasteiger partial charge in [0.2, 0.25) is 5.43 Å². The van der Waals surface area contributed by atoms with Crippen LogP contribution in [0.1, 0.15) is 32.2 Å². The van der Waals surface area contributed by atoms with Crippen molar-refractivity contribution >= 4 is 22.7 Å². The number of fused-ring (bicyclic) bond motifs is 1. The summed E-state index contributed by atoms with van der Waals surface area (Å²) in [6, 6.07) is 3.40. The fourth-order valence-corrected chi connectivity index (χ4v) is 3.72. The number of nitrogens with zero attached hydrogens (tertiary/aromatic N) is 2. The average molecular weight is 375 g/mol. The number of hydrogen-bond donors (Lipinski definition) is 2. The molecule has 2 heterocycles. The van der Waals surface area contributed by atoms with Gasteiger partial charge in [0.05, 0.1) is 22.8 Å². The maximum Gasteiger partial charge on any atom is 0.511 e. The number of aromatic nitrogens is 1. The van der Waals surface area contributed by atoms with Crippen molar-refractivity contribution in [3.63, 3.8) is 0 Å². The van der Waals surface area contributed by atoms with Gasteiger partial charge in [0, 0.05) is 31.7 Å². The van der Waals surface area contributed by atoms with Crippen molar-refractivity contribution in [3.8, 4) is 5.75 Å². The number of piperazine rings is 1. The summed E-state index contributed by atoms with van der Waals surface area (Å²) >= 11 is 0. The van der Waals surface area contributed by atoms with E-state index in [0.717, 1.165) is 25.8 Å². The molecule has 1 aromatic heterocycles. The highest BCUT2D eigenvalue weighted by atomic mass is 19.1. The number of rotatable bonds is 4. The van der Waals surface area contributed by atoms with Crippen molar-refractivity contribution in [1.29, 1.82) is 0 Å². The first-order chi connectivity index (χ1) is 13.0. The smallest absolute Gasteiger partial charge is 0.449 e. The summed E-state index contributed by atoms with van der Waals surface area (Å²) in [5, 5.41) is 12.4. The molecule has 4 rings (SSSR count). The zero-order valence-corrected chi connectivity index (χ0v) is 15.1. The van der Waals surface area contributed by atoms with Crippen LogP contribution in [0.15, 0.2) is 23.1 Å². The lowest BCUT2D eigenvalue weighted by Crippen LogP contribution is -2.50. The maximum absolute atomic E-state index is 14.9. The van der Waals surface area contributed by atoms with Gasteiger partial charge < -0.3 is 24.6 Å². The zero-order chi connectivity index (χ0) is 19.1. The first kappa shape index (κ1) is 17.8. The molecule has 7 nitrogen and oxygen atoms in total. The van der Waals surface area contributed by atoms with Crippen LogP contribution in [0.5, 0.6) is 5.75 Å². The SMILES string of the molecule is CCC1CN(c2cc3c(cc2F)c(=O)c(OC(=O)O)cn3C2CC2)CCN1. The second kappa shape index (κ2) is 6.84. The van der Waals surface area contributed by atoms with Crippen molar-refractivity contribution in [3.05, 3.63) is 34.4 Å². The lowest BCUT2D eigenvalue weighted by molar-refractivity contribution is 0.143. The van der Waals surface area contributed by atoms with Gasteiger partial charge in [-0.15, -0.1) is 0 Å². The third kappa shape index (κ3) is 3.37. The van der Waals surface area contributed by atoms with Crippen molar-refractivity contribution in [1.82, 2.24) is 9.88 Å². The number of ether oxygens (including phenoxy) is 1. The molecular weight excluding hydrogens is 353 g/mol. The third-order valence-corrected chi connectivity index (χ3v) is 5.29. The zero-order valence-electron chi connectivity index (χ0n) is 15.1. The van der Waals surface area contributed by atoms with E-state index in [0.29, 0.717) is 30.3 Å². The van der Waals surface area contributed by atoms with Gasteiger partial charge in [-0.25, -0.2) is 9.18 Å². The highest BCUT2D eigenvalue weighted by Gasteiger charge is 2.28. The number of halogens is 1. The molecule has 2 fully saturated rings. The highest BCUT2D eigenvalue weighted by Crippen LogP contribution is 2.39. The molecule has 2 N–H and O–H groups in total. The molecule has 2 aliphatic rings. The molecule has 1 saturated heterocycles. The molecule has 27 heavy (non-hydrogen) atoms. The van der Waals surface area contributed by atoms with Crippen LogP contribution < -0.4 is 20.4 Å². The summed E-state index contributed by atoms with van der Waals surface area (Å²) < 4.78 is 21.4. The number of carbonyl (C=O) groups is 1. The van der Waals surface area contributed by atoms with Crippen LogP contribution in [0, 0.1) is 5.82 Å². The first-order valence-corrected chi connectivity index (χ1v) is 9.25. The topological polar surface area (TPSA) is 83.8 Å². The molecule has 1 aromatic carbocycles. The van der Waals surface area contributed by atoms with Gasteiger partial charge in [0.25, 0.3) is 0 Å². The van der Waals surface area contributed by atoms with E-state index in [1.54, 1.807) is 6.07 Å². The second-order valence-electron chi connectivity index (χ2n) is 7.15. The summed E-state index contributed by atoms with van der Waals surface area (Å²) in [5.41, 5.74) is 0.480. The Morgan fingerprint density at radius 2 is 2.19 bits per heavy atom. The van der Waals surface area contributed by atoms with E-state index in [-0.39, 0.29) is 17.2 Å². The number of carboxylic acid groups (broad SMARTS) is 1. The third-order valence-electron chi connectivity index (χ3n) is 5.29. The minimum absolute atomic E-state index is 0.143. The summed E-state index contributed by atoms with van der Waals surface area (Å²) in [4.78, 5) is 25.5. The molecule has 0 radical (unpaired) electrons. The van der Waals surface area contributed by atoms with Crippen molar-refractivity contribution in [2.75, 3.05) is 24.5 Å². The van der Waals surface area contributed by atoms with E-state index >= 15 is 0 Å². The van der Waals surface area contributed by atoms with Gasteiger partial charge >= 0.3 is 6.16 Å². The van der Waals surface area contributed by atoms with Crippen LogP contribution in [0.4, 0.5) is 14.9 Å². The Morgan fingerprint density at radius 1 is 1.41 bits per heavy atom. The summed E-state index contributed by atoms with van der Waals surface area (Å²) in [6.07, 6.45) is 2.70. The predicted octanol–water partition coefficient (Wildman–Crippen LogP) is 2.72. The lowest BCUT2D eigenvalue weighted by atomic mass is 10.1. The predicted molar refractivity (Wildman–Crippen MR) is 99.4 cm³/mol. The normalized spacial score (nSPS) is 20.1. The average Bonchev–Trinajstić information content (AvgIpc) is 3.48. The van der Waals surface area contributed by atoms with Crippen LogP contribution >= 0.6 is 0 Å². The summed E-state index contributed by atoms with van der Waals surface area (Å²) in [7, 11) is 0. The standard InChI is InChI=1S/C19H22FN3O4/c1-2-11-9-22(6-5-21-11)16-8-15-13(7-14(16)20)18(24)17(27-19(25)26)10-23(15)12-3-4-12/h7-8,10-12,21H,2-6,9H2,1H3,(H,25,26). The van der Waals surface area contributed by atoms with Crippen molar-refractivity contribution in [2.24, 2.45) is 0 Å². The summed E-state index contributed by atoms with van der Waals surface area (Å²) in [6.45, 7) is 4.25. The molecule has 0 spiro atoms. The molecule has 1 saturated carbocycles. The summed E-state index contributed by atoms with van der Waals surface area (Å²) in [5.74, 6) is -0.770. The Hall–Kier alpha value is -2.61. The minimum atomic E-state index is -1.56. The molecule has 2 aromatic rings. The van der Waals surface area contributed by atoms with Crippen LogP contribution in [0.25, 0.3) is 10.9 Å². The molecule has 1 aliphatic carbocycles. The van der Waals surface area contributed by atoms with Gasteiger partial charge in [-0.1, -0.05) is 6.92 Å². The maximum atomic E-state index is 14.9. The molecule has 1 atom stereocenters. The minimum Gasteiger partial charge on any atom is -0.449 e. The molecular formula is C19H22FN3O4. The van der Waals surface area contributed by atoms with E-state index in [4.69, 9.17) is 5.11 Å². The van der Waals surface area contributed by atoms with E-state index in [1.165, 1.54) is 12.3 Å². The molecule has 0 bridgehead atoms. The largest absolute Gasteiger partial charge is 0.511 e. The molecule has 1 aliphatic heterocycles. The van der Waals surface area contributed by atoms with E-state index in [2.05, 4.69) is 17.0 Å². The number of anilines is 1. The Balaban J connectivity index is 1.84. The van der Waals surface area contributed by atoms with Gasteiger partial charge in [-0.2, -0.15) is 0 Å². The van der Waals surface area contributed by atoms with E-state index in [1.807, 2.05) is 9.47 Å². The van der Waals surface area contributed by atoms with Crippen LogP contribution in [-0.2, 0) is 0 Å². The quantitative estimate of drug-likeness (QED) is 0.800. The fourth-order valence-electron chi connectivity index (χ4n) is 3.72. The first-order valence-electron chi connectivity index (χ1n) is 9.25. The van der Waals surface area contributed by atoms with E-state index < -0.39 is 17.4 Å². The van der Waals surface area contributed by atoms with Crippen LogP contribution in [-0.4, -0.2) is 41.5 Å². The van der Waals surface area contributed by atoms with Gasteiger partial charge in [0.1, 0.15) is 5.82 Å². The van der Waals surface area contributed by atoms with Crippen molar-refractivity contribution in [2.45, 2.75) is 38.3 Å². The Labute approximate surface area is 155 Å². The Kier molecular flexibility index (Phi) is 4.51. The number of nitrogens with one attached hydrogen (secondary N) is 1. The van der Waals surface area contributed by atoms with Crippen molar-refractivity contribution < 1.29 is 19.0 Å². The Morgan fingerprint density at radius 3 is 2.85 bits per heavy atom. The van der Waals surface area contributed by atoms with Gasteiger partial charge in [-0.3, -0.25) is 4.79 Å². The van der Waals surface area contributed by atoms with Crippen LogP contribution in [0.3, 0.4) is 0 Å². The van der Waals surface area contributed by atoms with Crippen LogP contribution in [0.2, 0.25) is 0 Å². The van der Waals surface area contributed by atoms with Gasteiger partial charge in [0.15, 0.2) is 5.75 Å². The monoisotopic (exact) mass is 375 g/mol. The Bertz CT molecular complexity index is 954. The number of pyridine rings is 1. The molecule has 1 unspecified atom stereocenters. The fraction of sp³-hybridized carbons (Fsp3) is 0.474. The van der Waals surface area contributed by atoms with Gasteiger partial charge in [-0.05, 0) is 31.4 Å². The highest BCUT2D eigenvalue weighted by molar-refractivity contribution is 5.85. The lowest BCUT2D eigenvalue weighted by Gasteiger charge is -2.35. The second-order valence-corrected chi connectivity index (χ2v) is 7.15.